The van der Waals surface area contributed by atoms with E-state index < -0.39 is 50.6 Å². The molecule has 14 heteroatoms. The number of nitrogens with zero attached hydrogens (tertiary/aromatic N) is 6. The number of H-pyrrole nitrogens is 1. The number of ketones is 1. The van der Waals surface area contributed by atoms with Crippen LogP contribution in [0.1, 0.15) is 34.7 Å². The number of aromatic nitrogens is 3. The first-order valence-corrected chi connectivity index (χ1v) is 12.2. The van der Waals surface area contributed by atoms with Crippen molar-refractivity contribution in [2.45, 2.75) is 13.1 Å². The first-order valence-electron chi connectivity index (χ1n) is 10.5. The predicted molar refractivity (Wildman–Crippen MR) is 125 cm³/mol. The van der Waals surface area contributed by atoms with E-state index in [9.17, 15) is 17.6 Å². The van der Waals surface area contributed by atoms with Crippen LogP contribution in [0.25, 0.3) is 22.2 Å². The molecule has 1 aliphatic rings. The Hall–Kier alpha value is -4.46. The van der Waals surface area contributed by atoms with Crippen molar-refractivity contribution < 1.29 is 22.0 Å². The maximum Gasteiger partial charge on any atom is 0.232 e. The lowest BCUT2D eigenvalue weighted by Crippen LogP contribution is -2.18. The van der Waals surface area contributed by atoms with Crippen LogP contribution in [0.5, 0.6) is 0 Å². The molecule has 11 nitrogen and oxygen atoms in total. The lowest BCUT2D eigenvalue weighted by Gasteiger charge is -2.11. The number of carbonyl (C=O) groups is 1. The molecule has 0 bridgehead atoms. The largest absolute Gasteiger partial charge is 0.287 e. The van der Waals surface area contributed by atoms with Gasteiger partial charge in [-0.25, -0.2) is 22.2 Å². The number of nitrogens with one attached hydrogen (secondary N) is 2. The van der Waals surface area contributed by atoms with E-state index in [0.717, 1.165) is 23.3 Å². The molecule has 5 rings (SSSR count). The number of halogens is 2. The molecule has 0 amide bonds. The second-order valence-corrected chi connectivity index (χ2v) is 9.73. The molecular formula is C22H16F2N8O3S. The first-order chi connectivity index (χ1) is 17.3. The highest BCUT2D eigenvalue weighted by atomic mass is 32.2. The van der Waals surface area contributed by atoms with Crippen LogP contribution in [0.15, 0.2) is 69.3 Å². The number of anilines is 1. The van der Waals surface area contributed by atoms with Crippen LogP contribution >= 0.6 is 0 Å². The van der Waals surface area contributed by atoms with Gasteiger partial charge < -0.3 is 0 Å². The SMILES string of the molecule is CCS(=O)(=O)Nc1c(F)ccc(C(=O)c2[nH]nc3ncc(-c4ccc(C5N=NN=N5)cc4)cc23)c1F. The molecule has 36 heavy (non-hydrogen) atoms. The van der Waals surface area contributed by atoms with Crippen molar-refractivity contribution in [1.82, 2.24) is 15.2 Å². The standard InChI is InChI=1S/C22H16F2N8O3S/c1-2-36(34,35)30-19-16(23)8-7-14(17(19)24)20(33)18-15-9-13(10-25-22(15)27-26-18)11-3-5-12(6-4-11)21-28-31-32-29-21/h3-10,21,30H,2H2,1H3,(H,25,26,27). The van der Waals surface area contributed by atoms with Gasteiger partial charge in [0.25, 0.3) is 0 Å². The second-order valence-electron chi connectivity index (χ2n) is 7.72. The van der Waals surface area contributed by atoms with Crippen LogP contribution in [0.4, 0.5) is 14.5 Å². The fourth-order valence-corrected chi connectivity index (χ4v) is 4.21. The van der Waals surface area contributed by atoms with Gasteiger partial charge in [0.1, 0.15) is 17.2 Å². The molecule has 0 fully saturated rings. The molecule has 0 aliphatic carbocycles. The highest BCUT2D eigenvalue weighted by Crippen LogP contribution is 2.30. The molecule has 0 atom stereocenters. The molecule has 2 N–H and O–H groups in total. The minimum atomic E-state index is -3.99. The first kappa shape index (κ1) is 23.3. The number of hydrogen-bond donors (Lipinski definition) is 2. The Balaban J connectivity index is 1.51. The van der Waals surface area contributed by atoms with Crippen LogP contribution in [-0.4, -0.2) is 35.1 Å². The summed E-state index contributed by atoms with van der Waals surface area (Å²) in [4.78, 5) is 17.5. The molecule has 0 spiro atoms. The van der Waals surface area contributed by atoms with Gasteiger partial charge in [0.05, 0.1) is 16.7 Å². The summed E-state index contributed by atoms with van der Waals surface area (Å²) in [6, 6.07) is 10.7. The van der Waals surface area contributed by atoms with E-state index in [2.05, 4.69) is 35.9 Å². The third-order valence-electron chi connectivity index (χ3n) is 5.51. The molecule has 2 aromatic heterocycles. The Labute approximate surface area is 202 Å². The van der Waals surface area contributed by atoms with Crippen molar-refractivity contribution in [2.24, 2.45) is 20.7 Å². The highest BCUT2D eigenvalue weighted by Gasteiger charge is 2.25. The monoisotopic (exact) mass is 510 g/mol. The molecule has 0 radical (unpaired) electrons. The van der Waals surface area contributed by atoms with Gasteiger partial charge in [-0.3, -0.25) is 14.6 Å². The van der Waals surface area contributed by atoms with E-state index in [1.165, 1.54) is 6.92 Å². The van der Waals surface area contributed by atoms with Gasteiger partial charge in [-0.2, -0.15) is 5.10 Å². The van der Waals surface area contributed by atoms with Crippen LogP contribution in [-0.2, 0) is 10.0 Å². The minimum absolute atomic E-state index is 0.0856. The average molecular weight is 510 g/mol. The van der Waals surface area contributed by atoms with Crippen LogP contribution in [0.2, 0.25) is 0 Å². The molecule has 3 heterocycles. The quantitative estimate of drug-likeness (QED) is 0.344. The third kappa shape index (κ3) is 4.22. The Morgan fingerprint density at radius 1 is 1.06 bits per heavy atom. The topological polar surface area (TPSA) is 154 Å². The van der Waals surface area contributed by atoms with Gasteiger partial charge in [0.2, 0.25) is 22.0 Å². The summed E-state index contributed by atoms with van der Waals surface area (Å²) in [6.45, 7) is 1.31. The molecule has 2 aromatic carbocycles. The Bertz CT molecular complexity index is 1650. The van der Waals surface area contributed by atoms with E-state index in [1.807, 2.05) is 29.0 Å². The molecule has 0 saturated heterocycles. The molecule has 0 unspecified atom stereocenters. The van der Waals surface area contributed by atoms with Crippen molar-refractivity contribution in [3.8, 4) is 11.1 Å². The van der Waals surface area contributed by atoms with Crippen molar-refractivity contribution in [1.29, 1.82) is 0 Å². The number of carbonyl (C=O) groups excluding carboxylic acids is 1. The smallest absolute Gasteiger partial charge is 0.232 e. The van der Waals surface area contributed by atoms with Gasteiger partial charge in [-0.15, -0.1) is 10.2 Å². The van der Waals surface area contributed by atoms with Gasteiger partial charge in [0.15, 0.2) is 11.5 Å². The predicted octanol–water partition coefficient (Wildman–Crippen LogP) is 4.73. The molecule has 182 valence electrons. The normalized spacial score (nSPS) is 13.5. The zero-order valence-electron chi connectivity index (χ0n) is 18.5. The van der Waals surface area contributed by atoms with Crippen molar-refractivity contribution >= 4 is 32.5 Å². The van der Waals surface area contributed by atoms with E-state index in [4.69, 9.17) is 0 Å². The summed E-state index contributed by atoms with van der Waals surface area (Å²) in [7, 11) is -3.99. The third-order valence-corrected chi connectivity index (χ3v) is 6.79. The molecule has 0 saturated carbocycles. The molecular weight excluding hydrogens is 494 g/mol. The molecule has 1 aliphatic heterocycles. The fourth-order valence-electron chi connectivity index (χ4n) is 3.56. The summed E-state index contributed by atoms with van der Waals surface area (Å²) in [5, 5.41) is 21.6. The summed E-state index contributed by atoms with van der Waals surface area (Å²) < 4.78 is 54.8. The van der Waals surface area contributed by atoms with E-state index in [-0.39, 0.29) is 11.3 Å². The van der Waals surface area contributed by atoms with Crippen molar-refractivity contribution in [3.05, 3.63) is 77.1 Å². The number of pyridine rings is 1. The van der Waals surface area contributed by atoms with Gasteiger partial charge in [-0.1, -0.05) is 24.3 Å². The Kier molecular flexibility index (Phi) is 5.80. The maximum absolute atomic E-state index is 15.1. The van der Waals surface area contributed by atoms with Crippen molar-refractivity contribution in [2.75, 3.05) is 10.5 Å². The summed E-state index contributed by atoms with van der Waals surface area (Å²) in [5.74, 6) is -3.73. The number of rotatable bonds is 7. The number of benzene rings is 2. The highest BCUT2D eigenvalue weighted by molar-refractivity contribution is 7.92. The van der Waals surface area contributed by atoms with E-state index in [1.54, 1.807) is 12.3 Å². The zero-order chi connectivity index (χ0) is 25.4. The number of aromatic amines is 1. The van der Waals surface area contributed by atoms with Gasteiger partial charge in [-0.05, 0) is 41.1 Å². The zero-order valence-corrected chi connectivity index (χ0v) is 19.3. The van der Waals surface area contributed by atoms with Crippen LogP contribution in [0, 0.1) is 11.6 Å². The average Bonchev–Trinajstić information content (AvgIpc) is 3.56. The van der Waals surface area contributed by atoms with E-state index >= 15 is 4.39 Å². The van der Waals surface area contributed by atoms with Crippen molar-refractivity contribution in [3.63, 3.8) is 0 Å². The number of hydrogen-bond acceptors (Lipinski definition) is 9. The Morgan fingerprint density at radius 2 is 1.78 bits per heavy atom. The van der Waals surface area contributed by atoms with Gasteiger partial charge in [0, 0.05) is 17.3 Å². The van der Waals surface area contributed by atoms with Gasteiger partial charge >= 0.3 is 0 Å². The fraction of sp³-hybridized carbons (Fsp3) is 0.136. The summed E-state index contributed by atoms with van der Waals surface area (Å²) in [5.41, 5.74) is 0.867. The van der Waals surface area contributed by atoms with Crippen LogP contribution < -0.4 is 4.72 Å². The van der Waals surface area contributed by atoms with Crippen LogP contribution in [0.3, 0.4) is 0 Å². The van der Waals surface area contributed by atoms with E-state index in [0.29, 0.717) is 10.9 Å². The molecule has 4 aromatic rings. The minimum Gasteiger partial charge on any atom is -0.287 e. The lowest BCUT2D eigenvalue weighted by molar-refractivity contribution is 0.103. The Morgan fingerprint density at radius 3 is 2.47 bits per heavy atom. The summed E-state index contributed by atoms with van der Waals surface area (Å²) in [6.07, 6.45) is 1.08. The number of sulfonamides is 1. The number of fused-ring (bicyclic) bond motifs is 1. The summed E-state index contributed by atoms with van der Waals surface area (Å²) >= 11 is 0. The second kappa shape index (κ2) is 8.96. The maximum atomic E-state index is 15.1. The lowest BCUT2D eigenvalue weighted by atomic mass is 10.0.